The molecule has 3 aromatic rings. The third-order valence-electron chi connectivity index (χ3n) is 4.72. The van der Waals surface area contributed by atoms with Gasteiger partial charge in [-0.3, -0.25) is 4.79 Å². The minimum Gasteiger partial charge on any atom is -0.493 e. The summed E-state index contributed by atoms with van der Waals surface area (Å²) in [5, 5.41) is 13.7. The molecule has 0 fully saturated rings. The number of rotatable bonds is 7. The number of benzene rings is 3. The predicted octanol–water partition coefficient (Wildman–Crippen LogP) is 7.69. The zero-order valence-electron chi connectivity index (χ0n) is 18.1. The maximum absolute atomic E-state index is 12.6. The van der Waals surface area contributed by atoms with Gasteiger partial charge >= 0.3 is 0 Å². The molecule has 0 saturated carbocycles. The third-order valence-corrected chi connectivity index (χ3v) is 6.67. The largest absolute Gasteiger partial charge is 0.493 e. The highest BCUT2D eigenvalue weighted by Crippen LogP contribution is 2.35. The van der Waals surface area contributed by atoms with Crippen molar-refractivity contribution in [1.29, 1.82) is 5.26 Å². The van der Waals surface area contributed by atoms with Gasteiger partial charge in [-0.2, -0.15) is 5.26 Å². The van der Waals surface area contributed by atoms with Crippen LogP contribution in [0.1, 0.15) is 16.7 Å². The SMILES string of the molecule is COc1cc(/C=C(/C#N)C(=O)Nc2ccc(C)c(Cl)c2)cc(I)c1OCc1ccc(Cl)c(Cl)c1. The summed E-state index contributed by atoms with van der Waals surface area (Å²) in [4.78, 5) is 12.6. The van der Waals surface area contributed by atoms with Crippen LogP contribution in [0, 0.1) is 21.8 Å². The zero-order valence-corrected chi connectivity index (χ0v) is 22.5. The van der Waals surface area contributed by atoms with Gasteiger partial charge in [0.05, 0.1) is 20.7 Å². The van der Waals surface area contributed by atoms with Crippen LogP contribution in [0.2, 0.25) is 15.1 Å². The van der Waals surface area contributed by atoms with E-state index in [9.17, 15) is 10.1 Å². The molecule has 0 unspecified atom stereocenters. The van der Waals surface area contributed by atoms with Crippen molar-refractivity contribution in [2.75, 3.05) is 12.4 Å². The van der Waals surface area contributed by atoms with E-state index in [2.05, 4.69) is 27.9 Å². The second-order valence-electron chi connectivity index (χ2n) is 7.16. The van der Waals surface area contributed by atoms with Crippen LogP contribution in [0.3, 0.4) is 0 Å². The molecule has 0 spiro atoms. The van der Waals surface area contributed by atoms with E-state index < -0.39 is 5.91 Å². The van der Waals surface area contributed by atoms with Gasteiger partial charge in [0.1, 0.15) is 18.2 Å². The summed E-state index contributed by atoms with van der Waals surface area (Å²) >= 11 is 20.3. The topological polar surface area (TPSA) is 71.3 Å². The van der Waals surface area contributed by atoms with Gasteiger partial charge in [-0.15, -0.1) is 0 Å². The number of aryl methyl sites for hydroxylation is 1. The van der Waals surface area contributed by atoms with Gasteiger partial charge in [0.25, 0.3) is 5.91 Å². The Balaban J connectivity index is 1.82. The number of nitrogens with zero attached hydrogens (tertiary/aromatic N) is 1. The highest BCUT2D eigenvalue weighted by molar-refractivity contribution is 14.1. The van der Waals surface area contributed by atoms with Gasteiger partial charge in [-0.05, 0) is 88.7 Å². The van der Waals surface area contributed by atoms with Crippen molar-refractivity contribution in [2.45, 2.75) is 13.5 Å². The fraction of sp³-hybridized carbons (Fsp3) is 0.120. The average molecular weight is 628 g/mol. The van der Waals surface area contributed by atoms with Gasteiger partial charge in [0, 0.05) is 10.7 Å². The van der Waals surface area contributed by atoms with E-state index in [1.807, 2.05) is 19.1 Å². The van der Waals surface area contributed by atoms with E-state index in [0.29, 0.717) is 37.8 Å². The number of amides is 1. The number of nitriles is 1. The molecule has 0 saturated heterocycles. The number of carbonyl (C=O) groups excluding carboxylic acids is 1. The van der Waals surface area contributed by atoms with Crippen molar-refractivity contribution in [3.05, 3.63) is 89.4 Å². The molecular formula is C25H18Cl3IN2O3. The molecule has 1 amide bonds. The van der Waals surface area contributed by atoms with Gasteiger partial charge in [-0.25, -0.2) is 0 Å². The molecule has 0 aliphatic heterocycles. The number of halogens is 4. The van der Waals surface area contributed by atoms with Crippen LogP contribution < -0.4 is 14.8 Å². The molecular weight excluding hydrogens is 610 g/mol. The van der Waals surface area contributed by atoms with E-state index in [1.54, 1.807) is 42.5 Å². The minimum absolute atomic E-state index is 0.0703. The third kappa shape index (κ3) is 6.57. The monoisotopic (exact) mass is 626 g/mol. The Morgan fingerprint density at radius 1 is 1.09 bits per heavy atom. The fourth-order valence-corrected chi connectivity index (χ4v) is 4.21. The summed E-state index contributed by atoms with van der Waals surface area (Å²) in [6.07, 6.45) is 1.48. The van der Waals surface area contributed by atoms with Crippen LogP contribution in [-0.2, 0) is 11.4 Å². The number of carbonyl (C=O) groups is 1. The Kier molecular flexibility index (Phi) is 9.09. The molecule has 34 heavy (non-hydrogen) atoms. The Morgan fingerprint density at radius 3 is 2.50 bits per heavy atom. The Bertz CT molecular complexity index is 1320. The van der Waals surface area contributed by atoms with E-state index in [4.69, 9.17) is 44.3 Å². The zero-order chi connectivity index (χ0) is 24.8. The standard InChI is InChI=1S/C25H18Cl3IN2O3/c1-14-3-5-18(11-20(14)27)31-25(32)17(12-30)7-16-9-22(29)24(23(10-16)33-2)34-13-15-4-6-19(26)21(28)8-15/h3-11H,13H2,1-2H3,(H,31,32)/b17-7-. The lowest BCUT2D eigenvalue weighted by Gasteiger charge is -2.14. The molecule has 9 heteroatoms. The maximum Gasteiger partial charge on any atom is 0.266 e. The first-order valence-corrected chi connectivity index (χ1v) is 12.1. The van der Waals surface area contributed by atoms with Crippen molar-refractivity contribution in [2.24, 2.45) is 0 Å². The first-order chi connectivity index (χ1) is 16.2. The summed E-state index contributed by atoms with van der Waals surface area (Å²) in [5.41, 5.74) is 2.77. The van der Waals surface area contributed by atoms with E-state index in [0.717, 1.165) is 14.7 Å². The van der Waals surface area contributed by atoms with Gasteiger partial charge < -0.3 is 14.8 Å². The number of nitrogens with one attached hydrogen (secondary N) is 1. The van der Waals surface area contributed by atoms with Crippen molar-refractivity contribution in [1.82, 2.24) is 0 Å². The number of hydrogen-bond acceptors (Lipinski definition) is 4. The normalized spacial score (nSPS) is 11.0. The lowest BCUT2D eigenvalue weighted by atomic mass is 10.1. The molecule has 0 bridgehead atoms. The van der Waals surface area contributed by atoms with Crippen LogP contribution in [-0.4, -0.2) is 13.0 Å². The average Bonchev–Trinajstić information content (AvgIpc) is 2.80. The van der Waals surface area contributed by atoms with Gasteiger partial charge in [-0.1, -0.05) is 46.9 Å². The summed E-state index contributed by atoms with van der Waals surface area (Å²) in [7, 11) is 1.52. The van der Waals surface area contributed by atoms with E-state index >= 15 is 0 Å². The summed E-state index contributed by atoms with van der Waals surface area (Å²) in [5.74, 6) is 0.446. The molecule has 0 aromatic heterocycles. The first kappa shape index (κ1) is 26.2. The predicted molar refractivity (Wildman–Crippen MR) is 145 cm³/mol. The van der Waals surface area contributed by atoms with Crippen LogP contribution in [0.5, 0.6) is 11.5 Å². The van der Waals surface area contributed by atoms with Crippen LogP contribution in [0.15, 0.2) is 54.1 Å². The fourth-order valence-electron chi connectivity index (χ4n) is 2.93. The molecule has 0 radical (unpaired) electrons. The molecule has 0 atom stereocenters. The molecule has 5 nitrogen and oxygen atoms in total. The second-order valence-corrected chi connectivity index (χ2v) is 9.54. The maximum atomic E-state index is 12.6. The summed E-state index contributed by atoms with van der Waals surface area (Å²) in [6, 6.07) is 15.8. The molecule has 0 aliphatic carbocycles. The number of anilines is 1. The number of ether oxygens (including phenoxy) is 2. The summed E-state index contributed by atoms with van der Waals surface area (Å²) < 4.78 is 12.2. The van der Waals surface area contributed by atoms with Crippen molar-refractivity contribution < 1.29 is 14.3 Å². The van der Waals surface area contributed by atoms with E-state index in [1.165, 1.54) is 13.2 Å². The number of methoxy groups -OCH3 is 1. The lowest BCUT2D eigenvalue weighted by molar-refractivity contribution is -0.112. The molecule has 0 aliphatic rings. The Hall–Kier alpha value is -2.44. The minimum atomic E-state index is -0.545. The van der Waals surface area contributed by atoms with Crippen molar-refractivity contribution >= 4 is 75.1 Å². The molecule has 0 heterocycles. The highest BCUT2D eigenvalue weighted by atomic mass is 127. The first-order valence-electron chi connectivity index (χ1n) is 9.85. The summed E-state index contributed by atoms with van der Waals surface area (Å²) in [6.45, 7) is 2.12. The van der Waals surface area contributed by atoms with E-state index in [-0.39, 0.29) is 12.2 Å². The van der Waals surface area contributed by atoms with Crippen LogP contribution in [0.4, 0.5) is 5.69 Å². The highest BCUT2D eigenvalue weighted by Gasteiger charge is 2.15. The van der Waals surface area contributed by atoms with Gasteiger partial charge in [0.15, 0.2) is 11.5 Å². The lowest BCUT2D eigenvalue weighted by Crippen LogP contribution is -2.13. The second kappa shape index (κ2) is 11.8. The smallest absolute Gasteiger partial charge is 0.266 e. The molecule has 1 N–H and O–H groups in total. The van der Waals surface area contributed by atoms with Gasteiger partial charge in [0.2, 0.25) is 0 Å². The van der Waals surface area contributed by atoms with Crippen LogP contribution >= 0.6 is 57.4 Å². The van der Waals surface area contributed by atoms with Crippen molar-refractivity contribution in [3.63, 3.8) is 0 Å². The number of hydrogen-bond donors (Lipinski definition) is 1. The quantitative estimate of drug-likeness (QED) is 0.166. The van der Waals surface area contributed by atoms with Crippen molar-refractivity contribution in [3.8, 4) is 17.6 Å². The Morgan fingerprint density at radius 2 is 1.85 bits per heavy atom. The molecule has 3 rings (SSSR count). The Labute approximate surface area is 226 Å². The van der Waals surface area contributed by atoms with Crippen LogP contribution in [0.25, 0.3) is 6.08 Å². The molecule has 3 aromatic carbocycles. The molecule has 174 valence electrons.